The van der Waals surface area contributed by atoms with Crippen molar-refractivity contribution in [2.24, 2.45) is 5.92 Å². The van der Waals surface area contributed by atoms with E-state index >= 15 is 0 Å². The highest BCUT2D eigenvalue weighted by Gasteiger charge is 2.20. The lowest BCUT2D eigenvalue weighted by Crippen LogP contribution is -2.19. The summed E-state index contributed by atoms with van der Waals surface area (Å²) in [6, 6.07) is 6.66. The Morgan fingerprint density at radius 2 is 1.90 bits per heavy atom. The third kappa shape index (κ3) is 4.02. The van der Waals surface area contributed by atoms with Crippen molar-refractivity contribution in [3.63, 3.8) is 0 Å². The molecule has 1 N–H and O–H groups in total. The molecule has 0 aliphatic heterocycles. The molecule has 0 atom stereocenters. The van der Waals surface area contributed by atoms with Crippen molar-refractivity contribution < 1.29 is 8.78 Å². The maximum Gasteiger partial charge on any atom is 0.280 e. The molecule has 0 amide bonds. The van der Waals surface area contributed by atoms with Crippen molar-refractivity contribution in [3.8, 4) is 5.69 Å². The molecular weight excluding hydrogens is 296 g/mol. The molecule has 0 bridgehead atoms. The van der Waals surface area contributed by atoms with Gasteiger partial charge in [-0.15, -0.1) is 0 Å². The molecule has 2 aromatic rings. The normalized spacial score (nSPS) is 11.6. The molecule has 0 unspecified atom stereocenters. The van der Waals surface area contributed by atoms with E-state index < -0.39 is 6.43 Å². The fraction of sp³-hybridized carbons (Fsp3) is 0.400. The van der Waals surface area contributed by atoms with Gasteiger partial charge in [-0.25, -0.2) is 13.5 Å². The maximum absolute atomic E-state index is 13.4. The van der Waals surface area contributed by atoms with E-state index in [0.717, 1.165) is 6.54 Å². The summed E-state index contributed by atoms with van der Waals surface area (Å²) in [6.07, 6.45) is -1.09. The highest BCUT2D eigenvalue weighted by molar-refractivity contribution is 6.30. The summed E-state index contributed by atoms with van der Waals surface area (Å²) in [4.78, 5) is 0. The minimum atomic E-state index is -2.58. The first-order valence-electron chi connectivity index (χ1n) is 6.80. The highest BCUT2D eigenvalue weighted by atomic mass is 35.5. The molecule has 1 aromatic heterocycles. The Labute approximate surface area is 127 Å². The van der Waals surface area contributed by atoms with Gasteiger partial charge >= 0.3 is 0 Å². The summed E-state index contributed by atoms with van der Waals surface area (Å²) < 4.78 is 28.0. The fourth-order valence-corrected chi connectivity index (χ4v) is 2.17. The minimum absolute atomic E-state index is 0.0754. The van der Waals surface area contributed by atoms with Crippen molar-refractivity contribution in [2.75, 3.05) is 6.54 Å². The summed E-state index contributed by atoms with van der Waals surface area (Å²) in [6.45, 7) is 5.29. The molecular formula is C15H18ClF2N3. The lowest BCUT2D eigenvalue weighted by Gasteiger charge is -2.10. The number of rotatable bonds is 6. The Morgan fingerprint density at radius 1 is 1.24 bits per heavy atom. The Morgan fingerprint density at radius 3 is 2.48 bits per heavy atom. The Hall–Kier alpha value is -1.46. The van der Waals surface area contributed by atoms with E-state index in [9.17, 15) is 8.78 Å². The monoisotopic (exact) mass is 313 g/mol. The van der Waals surface area contributed by atoms with E-state index in [1.165, 1.54) is 10.9 Å². The van der Waals surface area contributed by atoms with Crippen molar-refractivity contribution in [2.45, 2.75) is 26.8 Å². The first-order valence-corrected chi connectivity index (χ1v) is 7.18. The molecule has 2 rings (SSSR count). The van der Waals surface area contributed by atoms with Crippen LogP contribution in [0, 0.1) is 5.92 Å². The van der Waals surface area contributed by atoms with Crippen LogP contribution in [0.1, 0.15) is 31.5 Å². The summed E-state index contributed by atoms with van der Waals surface area (Å²) in [5.74, 6) is 0.464. The minimum Gasteiger partial charge on any atom is -0.312 e. The standard InChI is InChI=1S/C15H18ClF2N3/c1-10(2)7-19-8-11-9-20-21(14(11)15(17)18)13-5-3-12(16)4-6-13/h3-6,9-10,15,19H,7-8H2,1-2H3. The second-order valence-corrected chi connectivity index (χ2v) is 5.71. The van der Waals surface area contributed by atoms with Gasteiger partial charge in [-0.05, 0) is 36.7 Å². The van der Waals surface area contributed by atoms with E-state index in [2.05, 4.69) is 24.3 Å². The van der Waals surface area contributed by atoms with Gasteiger partial charge in [0.2, 0.25) is 0 Å². The number of aromatic nitrogens is 2. The number of benzene rings is 1. The zero-order valence-electron chi connectivity index (χ0n) is 12.0. The van der Waals surface area contributed by atoms with Gasteiger partial charge in [-0.2, -0.15) is 5.10 Å². The van der Waals surface area contributed by atoms with Crippen molar-refractivity contribution in [1.29, 1.82) is 0 Å². The van der Waals surface area contributed by atoms with Crippen LogP contribution in [-0.4, -0.2) is 16.3 Å². The molecule has 0 aliphatic rings. The van der Waals surface area contributed by atoms with Crippen LogP contribution in [0.5, 0.6) is 0 Å². The quantitative estimate of drug-likeness (QED) is 0.866. The van der Waals surface area contributed by atoms with Crippen molar-refractivity contribution >= 4 is 11.6 Å². The van der Waals surface area contributed by atoms with Gasteiger partial charge in [-0.3, -0.25) is 0 Å². The lowest BCUT2D eigenvalue weighted by atomic mass is 10.2. The van der Waals surface area contributed by atoms with Crippen LogP contribution in [0.15, 0.2) is 30.5 Å². The maximum atomic E-state index is 13.4. The van der Waals surface area contributed by atoms with Crippen LogP contribution in [0.2, 0.25) is 5.02 Å². The van der Waals surface area contributed by atoms with Gasteiger partial charge in [0, 0.05) is 17.1 Å². The average Bonchev–Trinajstić information content (AvgIpc) is 2.83. The molecule has 1 heterocycles. The third-order valence-corrected chi connectivity index (χ3v) is 3.28. The van der Waals surface area contributed by atoms with Crippen LogP contribution in [0.3, 0.4) is 0 Å². The Balaban J connectivity index is 2.26. The van der Waals surface area contributed by atoms with Gasteiger partial charge in [0.25, 0.3) is 6.43 Å². The Bertz CT molecular complexity index is 579. The van der Waals surface area contributed by atoms with Crippen LogP contribution in [-0.2, 0) is 6.54 Å². The largest absolute Gasteiger partial charge is 0.312 e. The second kappa shape index (κ2) is 7.00. The Kier molecular flexibility index (Phi) is 5.31. The molecule has 114 valence electrons. The van der Waals surface area contributed by atoms with Gasteiger partial charge in [0.05, 0.1) is 11.9 Å². The van der Waals surface area contributed by atoms with Crippen LogP contribution in [0.25, 0.3) is 5.69 Å². The third-order valence-electron chi connectivity index (χ3n) is 3.03. The molecule has 3 nitrogen and oxygen atoms in total. The predicted octanol–water partition coefficient (Wildman–Crippen LogP) is 4.21. The molecule has 0 fully saturated rings. The molecule has 0 saturated carbocycles. The molecule has 6 heteroatoms. The van der Waals surface area contributed by atoms with Gasteiger partial charge in [0.1, 0.15) is 5.69 Å². The molecule has 0 saturated heterocycles. The van der Waals surface area contributed by atoms with Crippen molar-refractivity contribution in [3.05, 3.63) is 46.7 Å². The van der Waals surface area contributed by atoms with Crippen molar-refractivity contribution in [1.82, 2.24) is 15.1 Å². The number of nitrogens with one attached hydrogen (secondary N) is 1. The molecule has 0 spiro atoms. The zero-order chi connectivity index (χ0) is 15.4. The number of hydrogen-bond acceptors (Lipinski definition) is 2. The van der Waals surface area contributed by atoms with Crippen LogP contribution < -0.4 is 5.32 Å². The van der Waals surface area contributed by atoms with E-state index in [1.807, 2.05) is 0 Å². The molecule has 0 aliphatic carbocycles. The highest BCUT2D eigenvalue weighted by Crippen LogP contribution is 2.26. The second-order valence-electron chi connectivity index (χ2n) is 5.27. The number of nitrogens with zero attached hydrogens (tertiary/aromatic N) is 2. The predicted molar refractivity (Wildman–Crippen MR) is 80.1 cm³/mol. The fourth-order valence-electron chi connectivity index (χ4n) is 2.04. The van der Waals surface area contributed by atoms with E-state index in [4.69, 9.17) is 11.6 Å². The summed E-state index contributed by atoms with van der Waals surface area (Å²) in [5, 5.41) is 7.81. The topological polar surface area (TPSA) is 29.9 Å². The zero-order valence-corrected chi connectivity index (χ0v) is 12.7. The smallest absolute Gasteiger partial charge is 0.280 e. The first kappa shape index (κ1) is 15.9. The van der Waals surface area contributed by atoms with E-state index in [-0.39, 0.29) is 5.69 Å². The molecule has 1 aromatic carbocycles. The molecule has 0 radical (unpaired) electrons. The average molecular weight is 314 g/mol. The summed E-state index contributed by atoms with van der Waals surface area (Å²) in [7, 11) is 0. The molecule has 21 heavy (non-hydrogen) atoms. The number of halogens is 3. The van der Waals surface area contributed by atoms with Gasteiger partial charge in [0.15, 0.2) is 0 Å². The number of alkyl halides is 2. The van der Waals surface area contributed by atoms with Crippen LogP contribution >= 0.6 is 11.6 Å². The summed E-state index contributed by atoms with van der Waals surface area (Å²) >= 11 is 5.82. The van der Waals surface area contributed by atoms with Crippen LogP contribution in [0.4, 0.5) is 8.78 Å². The van der Waals surface area contributed by atoms with Gasteiger partial charge in [-0.1, -0.05) is 25.4 Å². The van der Waals surface area contributed by atoms with E-state index in [0.29, 0.717) is 28.7 Å². The van der Waals surface area contributed by atoms with Gasteiger partial charge < -0.3 is 5.32 Å². The lowest BCUT2D eigenvalue weighted by molar-refractivity contribution is 0.141. The SMILES string of the molecule is CC(C)CNCc1cnn(-c2ccc(Cl)cc2)c1C(F)F. The first-order chi connectivity index (χ1) is 9.99. The number of hydrogen-bond donors (Lipinski definition) is 1. The summed E-state index contributed by atoms with van der Waals surface area (Å²) in [5.41, 5.74) is 1.01. The van der Waals surface area contributed by atoms with E-state index in [1.54, 1.807) is 24.3 Å².